The van der Waals surface area contributed by atoms with Crippen molar-refractivity contribution in [2.24, 2.45) is 0 Å². The van der Waals surface area contributed by atoms with Crippen LogP contribution in [0.4, 0.5) is 0 Å². The summed E-state index contributed by atoms with van der Waals surface area (Å²) in [6, 6.07) is 5.63. The maximum Gasteiger partial charge on any atom is 0.254 e. The van der Waals surface area contributed by atoms with E-state index in [1.54, 1.807) is 4.90 Å². The molecule has 0 aromatic heterocycles. The molecule has 110 valence electrons. The van der Waals surface area contributed by atoms with Crippen LogP contribution in [0.5, 0.6) is 0 Å². The second kappa shape index (κ2) is 5.84. The maximum absolute atomic E-state index is 12.7. The highest BCUT2D eigenvalue weighted by atomic mass is 79.9. The molecule has 4 nitrogen and oxygen atoms in total. The second-order valence-electron chi connectivity index (χ2n) is 5.83. The summed E-state index contributed by atoms with van der Waals surface area (Å²) in [4.78, 5) is 14.4. The normalized spacial score (nSPS) is 21.9. The number of carbonyl (C=O) groups is 1. The van der Waals surface area contributed by atoms with Crippen molar-refractivity contribution in [1.82, 2.24) is 4.90 Å². The monoisotopic (exact) mass is 341 g/mol. The highest BCUT2D eigenvalue weighted by Gasteiger charge is 2.35. The zero-order chi connectivity index (χ0) is 14.9. The minimum Gasteiger partial charge on any atom is -0.394 e. The van der Waals surface area contributed by atoms with Crippen LogP contribution in [0.15, 0.2) is 22.7 Å². The zero-order valence-corrected chi connectivity index (χ0v) is 13.6. The van der Waals surface area contributed by atoms with Crippen molar-refractivity contribution in [3.8, 4) is 0 Å². The fraction of sp³-hybridized carbons (Fsp3) is 0.533. The molecule has 1 saturated heterocycles. The largest absolute Gasteiger partial charge is 0.394 e. The van der Waals surface area contributed by atoms with E-state index in [2.05, 4.69) is 15.9 Å². The van der Waals surface area contributed by atoms with Gasteiger partial charge in [-0.2, -0.15) is 0 Å². The van der Waals surface area contributed by atoms with E-state index in [0.29, 0.717) is 18.7 Å². The molecule has 0 saturated carbocycles. The number of halogens is 1. The molecule has 1 aliphatic heterocycles. The molecule has 0 aliphatic carbocycles. The predicted octanol–water partition coefficient (Wildman–Crippen LogP) is 2.37. The molecule has 0 bridgehead atoms. The van der Waals surface area contributed by atoms with Crippen LogP contribution in [-0.4, -0.2) is 47.3 Å². The third-order valence-corrected chi connectivity index (χ3v) is 3.88. The highest BCUT2D eigenvalue weighted by Crippen LogP contribution is 2.24. The van der Waals surface area contributed by atoms with Gasteiger partial charge in [0.2, 0.25) is 0 Å². The number of carbonyl (C=O) groups excluding carboxylic acids is 1. The summed E-state index contributed by atoms with van der Waals surface area (Å²) >= 11 is 3.40. The maximum atomic E-state index is 12.7. The first-order valence-electron chi connectivity index (χ1n) is 6.66. The standard InChI is InChI=1S/C15H20BrNO3/c1-10-6-11(16)4-5-13(10)14(19)17-7-12(8-18)20-15(2,3)9-17/h4-6,12,18H,7-9H2,1-3H3. The Labute approximate surface area is 127 Å². The Morgan fingerprint density at radius 2 is 2.25 bits per heavy atom. The summed E-state index contributed by atoms with van der Waals surface area (Å²) < 4.78 is 6.70. The summed E-state index contributed by atoms with van der Waals surface area (Å²) in [6.45, 7) is 6.67. The van der Waals surface area contributed by atoms with Gasteiger partial charge in [-0.1, -0.05) is 15.9 Å². The Kier molecular flexibility index (Phi) is 4.52. The molecule has 1 N–H and O–H groups in total. The Hall–Kier alpha value is -0.910. The molecule has 1 unspecified atom stereocenters. The Morgan fingerprint density at radius 3 is 2.85 bits per heavy atom. The van der Waals surface area contributed by atoms with Gasteiger partial charge in [-0.15, -0.1) is 0 Å². The van der Waals surface area contributed by atoms with E-state index in [0.717, 1.165) is 10.0 Å². The smallest absolute Gasteiger partial charge is 0.254 e. The van der Waals surface area contributed by atoms with E-state index < -0.39 is 5.60 Å². The first-order valence-corrected chi connectivity index (χ1v) is 7.46. The lowest BCUT2D eigenvalue weighted by molar-refractivity contribution is -0.139. The third-order valence-electron chi connectivity index (χ3n) is 3.39. The van der Waals surface area contributed by atoms with Crippen LogP contribution in [0.25, 0.3) is 0 Å². The number of rotatable bonds is 2. The highest BCUT2D eigenvalue weighted by molar-refractivity contribution is 9.10. The summed E-state index contributed by atoms with van der Waals surface area (Å²) in [5, 5.41) is 9.32. The molecule has 1 aromatic rings. The van der Waals surface area contributed by atoms with E-state index in [1.165, 1.54) is 0 Å². The minimum absolute atomic E-state index is 0.00942. The number of amides is 1. The molecular weight excluding hydrogens is 322 g/mol. The number of benzene rings is 1. The first kappa shape index (κ1) is 15.5. The van der Waals surface area contributed by atoms with Crippen molar-refractivity contribution in [2.75, 3.05) is 19.7 Å². The SMILES string of the molecule is Cc1cc(Br)ccc1C(=O)N1CC(CO)OC(C)(C)C1. The number of aliphatic hydroxyl groups excluding tert-OH is 1. The van der Waals surface area contributed by atoms with Gasteiger partial charge in [-0.05, 0) is 44.5 Å². The van der Waals surface area contributed by atoms with E-state index in [1.807, 2.05) is 39.0 Å². The number of aliphatic hydroxyl groups is 1. The molecule has 0 spiro atoms. The Balaban J connectivity index is 2.23. The van der Waals surface area contributed by atoms with Gasteiger partial charge in [0.05, 0.1) is 18.3 Å². The third kappa shape index (κ3) is 3.40. The number of hydrogen-bond donors (Lipinski definition) is 1. The molecule has 20 heavy (non-hydrogen) atoms. The molecule has 0 radical (unpaired) electrons. The van der Waals surface area contributed by atoms with Gasteiger partial charge in [0, 0.05) is 23.1 Å². The average Bonchev–Trinajstić information content (AvgIpc) is 2.36. The molecule has 1 atom stereocenters. The minimum atomic E-state index is -0.440. The van der Waals surface area contributed by atoms with Crippen LogP contribution >= 0.6 is 15.9 Å². The lowest BCUT2D eigenvalue weighted by Crippen LogP contribution is -2.55. The molecule has 1 heterocycles. The topological polar surface area (TPSA) is 49.8 Å². The van der Waals surface area contributed by atoms with Crippen molar-refractivity contribution in [2.45, 2.75) is 32.5 Å². The van der Waals surface area contributed by atoms with Gasteiger partial charge in [0.25, 0.3) is 5.91 Å². The molecule has 5 heteroatoms. The quantitative estimate of drug-likeness (QED) is 0.898. The number of nitrogens with zero attached hydrogens (tertiary/aromatic N) is 1. The second-order valence-corrected chi connectivity index (χ2v) is 6.74. The van der Waals surface area contributed by atoms with E-state index in [9.17, 15) is 9.90 Å². The van der Waals surface area contributed by atoms with E-state index in [-0.39, 0.29) is 18.6 Å². The van der Waals surface area contributed by atoms with Crippen LogP contribution in [0.2, 0.25) is 0 Å². The molecule has 2 rings (SSSR count). The van der Waals surface area contributed by atoms with Gasteiger partial charge in [-0.25, -0.2) is 0 Å². The lowest BCUT2D eigenvalue weighted by atomic mass is 10.0. The fourth-order valence-corrected chi connectivity index (χ4v) is 3.06. The summed E-state index contributed by atoms with van der Waals surface area (Å²) in [6.07, 6.45) is -0.321. The summed E-state index contributed by atoms with van der Waals surface area (Å²) in [7, 11) is 0. The number of morpholine rings is 1. The Bertz CT molecular complexity index is 516. The predicted molar refractivity (Wildman–Crippen MR) is 80.8 cm³/mol. The number of aryl methyl sites for hydroxylation is 1. The van der Waals surface area contributed by atoms with Crippen LogP contribution in [-0.2, 0) is 4.74 Å². The van der Waals surface area contributed by atoms with Crippen LogP contribution < -0.4 is 0 Å². The van der Waals surface area contributed by atoms with E-state index in [4.69, 9.17) is 4.74 Å². The van der Waals surface area contributed by atoms with Crippen LogP contribution in [0.3, 0.4) is 0 Å². The number of hydrogen-bond acceptors (Lipinski definition) is 3. The molecule has 1 aromatic carbocycles. The van der Waals surface area contributed by atoms with Crippen molar-refractivity contribution >= 4 is 21.8 Å². The zero-order valence-electron chi connectivity index (χ0n) is 12.0. The number of ether oxygens (including phenoxy) is 1. The molecular formula is C15H20BrNO3. The van der Waals surface area contributed by atoms with Crippen molar-refractivity contribution in [3.63, 3.8) is 0 Å². The average molecular weight is 342 g/mol. The summed E-state index contributed by atoms with van der Waals surface area (Å²) in [5.74, 6) is -0.00942. The first-order chi connectivity index (χ1) is 9.32. The van der Waals surface area contributed by atoms with Crippen LogP contribution in [0, 0.1) is 6.92 Å². The van der Waals surface area contributed by atoms with Crippen molar-refractivity contribution in [1.29, 1.82) is 0 Å². The van der Waals surface area contributed by atoms with Gasteiger partial charge < -0.3 is 14.7 Å². The molecule has 1 fully saturated rings. The summed E-state index contributed by atoms with van der Waals surface area (Å²) in [5.41, 5.74) is 1.20. The lowest BCUT2D eigenvalue weighted by Gasteiger charge is -2.42. The van der Waals surface area contributed by atoms with Crippen molar-refractivity contribution < 1.29 is 14.6 Å². The van der Waals surface area contributed by atoms with Crippen LogP contribution in [0.1, 0.15) is 29.8 Å². The van der Waals surface area contributed by atoms with Gasteiger partial charge in [0.1, 0.15) is 0 Å². The van der Waals surface area contributed by atoms with E-state index >= 15 is 0 Å². The molecule has 1 amide bonds. The molecule has 1 aliphatic rings. The Morgan fingerprint density at radius 1 is 1.55 bits per heavy atom. The van der Waals surface area contributed by atoms with Gasteiger partial charge >= 0.3 is 0 Å². The van der Waals surface area contributed by atoms with Gasteiger partial charge in [0.15, 0.2) is 0 Å². The fourth-order valence-electron chi connectivity index (χ4n) is 2.58. The van der Waals surface area contributed by atoms with Gasteiger partial charge in [-0.3, -0.25) is 4.79 Å². The van der Waals surface area contributed by atoms with Crippen molar-refractivity contribution in [3.05, 3.63) is 33.8 Å².